The summed E-state index contributed by atoms with van der Waals surface area (Å²) in [5.74, 6) is 1.13. The number of rotatable bonds is 4. The van der Waals surface area contributed by atoms with Crippen LogP contribution in [0.15, 0.2) is 18.2 Å². The molecule has 2 N–H and O–H groups in total. The number of hydrogen-bond donors (Lipinski definition) is 2. The van der Waals surface area contributed by atoms with E-state index in [-0.39, 0.29) is 24.2 Å². The van der Waals surface area contributed by atoms with Crippen LogP contribution in [-0.2, 0) is 9.59 Å². The van der Waals surface area contributed by atoms with E-state index in [9.17, 15) is 9.59 Å². The molecule has 0 radical (unpaired) electrons. The van der Waals surface area contributed by atoms with E-state index in [0.29, 0.717) is 23.0 Å². The molecule has 0 saturated carbocycles. The van der Waals surface area contributed by atoms with Crippen molar-refractivity contribution in [2.24, 2.45) is 0 Å². The normalized spacial score (nSPS) is 16.1. The Balaban J connectivity index is 1.89. The molecule has 0 saturated heterocycles. The summed E-state index contributed by atoms with van der Waals surface area (Å²) in [6.45, 7) is 1.69. The lowest BCUT2D eigenvalue weighted by molar-refractivity contribution is -0.125. The van der Waals surface area contributed by atoms with Gasteiger partial charge in [-0.15, -0.1) is 0 Å². The highest BCUT2D eigenvalue weighted by atomic mass is 16.5. The van der Waals surface area contributed by atoms with Crippen molar-refractivity contribution in [3.05, 3.63) is 24.0 Å². The van der Waals surface area contributed by atoms with E-state index in [1.807, 2.05) is 0 Å². The fraction of sp³-hybridized carbons (Fsp3) is 0.333. The van der Waals surface area contributed by atoms with Gasteiger partial charge in [-0.1, -0.05) is 0 Å². The molecule has 0 fully saturated rings. The summed E-state index contributed by atoms with van der Waals surface area (Å²) in [6.07, 6.45) is -0.0199. The molecule has 0 bridgehead atoms. The summed E-state index contributed by atoms with van der Waals surface area (Å²) in [5.41, 5.74) is 0.450. The van der Waals surface area contributed by atoms with Crippen LogP contribution in [0.5, 0.6) is 11.5 Å². The zero-order valence-electron chi connectivity index (χ0n) is 13.5. The van der Waals surface area contributed by atoms with Crippen LogP contribution in [-0.4, -0.2) is 40.8 Å². The molecule has 0 unspecified atom stereocenters. The van der Waals surface area contributed by atoms with Gasteiger partial charge in [0.25, 0.3) is 0 Å². The first-order valence-electron chi connectivity index (χ1n) is 7.27. The predicted octanol–water partition coefficient (Wildman–Crippen LogP) is 1.13. The molecule has 0 aliphatic carbocycles. The standard InChI is InChI=1S/C15H17N5O4/c1-8-16-15-18-13(21)7-11(20(15)19-8)14(22)17-10-6-9(23-2)4-5-12(10)24-3/h4-6,11H,7H2,1-3H3,(H,17,22)(H,16,18,19,21)/t11-/m0/s1. The van der Waals surface area contributed by atoms with Crippen molar-refractivity contribution in [1.29, 1.82) is 0 Å². The SMILES string of the molecule is COc1ccc(OC)c(NC(=O)[C@@H]2CC(=O)Nc3nc(C)nn32)c1. The van der Waals surface area contributed by atoms with Crippen LogP contribution in [0.2, 0.25) is 0 Å². The molecule has 9 heteroatoms. The second-order valence-corrected chi connectivity index (χ2v) is 5.25. The molecule has 1 aromatic carbocycles. The quantitative estimate of drug-likeness (QED) is 0.869. The first-order chi connectivity index (χ1) is 11.5. The Morgan fingerprint density at radius 2 is 2.17 bits per heavy atom. The summed E-state index contributed by atoms with van der Waals surface area (Å²) >= 11 is 0. The fourth-order valence-electron chi connectivity index (χ4n) is 2.50. The molecule has 2 aromatic rings. The molecule has 3 rings (SSSR count). The number of methoxy groups -OCH3 is 2. The highest BCUT2D eigenvalue weighted by molar-refractivity contribution is 6.01. The lowest BCUT2D eigenvalue weighted by Crippen LogP contribution is -2.36. The molecule has 1 atom stereocenters. The van der Waals surface area contributed by atoms with Crippen molar-refractivity contribution in [3.63, 3.8) is 0 Å². The molecule has 2 heterocycles. The predicted molar refractivity (Wildman–Crippen MR) is 85.2 cm³/mol. The molecule has 0 spiro atoms. The number of nitrogens with zero attached hydrogens (tertiary/aromatic N) is 3. The molecule has 2 amide bonds. The van der Waals surface area contributed by atoms with Gasteiger partial charge < -0.3 is 14.8 Å². The van der Waals surface area contributed by atoms with E-state index < -0.39 is 6.04 Å². The number of carbonyl (C=O) groups is 2. The Labute approximate surface area is 138 Å². The molecule has 9 nitrogen and oxygen atoms in total. The second-order valence-electron chi connectivity index (χ2n) is 5.25. The van der Waals surface area contributed by atoms with Crippen molar-refractivity contribution in [1.82, 2.24) is 14.8 Å². The summed E-state index contributed by atoms with van der Waals surface area (Å²) < 4.78 is 11.8. The van der Waals surface area contributed by atoms with Crippen molar-refractivity contribution in [2.45, 2.75) is 19.4 Å². The third kappa shape index (κ3) is 2.87. The van der Waals surface area contributed by atoms with Crippen LogP contribution in [0.25, 0.3) is 0 Å². The number of anilines is 2. The van der Waals surface area contributed by atoms with Crippen LogP contribution in [0.1, 0.15) is 18.3 Å². The minimum atomic E-state index is -0.786. The minimum absolute atomic E-state index is 0.0199. The van der Waals surface area contributed by atoms with Gasteiger partial charge >= 0.3 is 0 Å². The fourth-order valence-corrected chi connectivity index (χ4v) is 2.50. The maximum atomic E-state index is 12.7. The number of amides is 2. The average Bonchev–Trinajstić information content (AvgIpc) is 2.93. The monoisotopic (exact) mass is 331 g/mol. The lowest BCUT2D eigenvalue weighted by atomic mass is 10.1. The molecule has 1 aromatic heterocycles. The number of nitrogens with one attached hydrogen (secondary N) is 2. The zero-order valence-corrected chi connectivity index (χ0v) is 13.5. The van der Waals surface area contributed by atoms with E-state index in [4.69, 9.17) is 9.47 Å². The highest BCUT2D eigenvalue weighted by Gasteiger charge is 2.33. The number of fused-ring (bicyclic) bond motifs is 1. The first-order valence-corrected chi connectivity index (χ1v) is 7.27. The smallest absolute Gasteiger partial charge is 0.250 e. The Morgan fingerprint density at radius 3 is 2.88 bits per heavy atom. The Hall–Kier alpha value is -3.10. The molecular weight excluding hydrogens is 314 g/mol. The number of ether oxygens (including phenoxy) is 2. The number of carbonyl (C=O) groups excluding carboxylic acids is 2. The summed E-state index contributed by atoms with van der Waals surface area (Å²) in [4.78, 5) is 28.6. The third-order valence-corrected chi connectivity index (χ3v) is 3.63. The number of hydrogen-bond acceptors (Lipinski definition) is 6. The van der Waals surface area contributed by atoms with Crippen molar-refractivity contribution >= 4 is 23.5 Å². The molecular formula is C15H17N5O4. The van der Waals surface area contributed by atoms with Crippen molar-refractivity contribution < 1.29 is 19.1 Å². The molecule has 24 heavy (non-hydrogen) atoms. The van der Waals surface area contributed by atoms with Gasteiger partial charge in [0.2, 0.25) is 17.8 Å². The van der Waals surface area contributed by atoms with Crippen LogP contribution in [0.4, 0.5) is 11.6 Å². The van der Waals surface area contributed by atoms with Crippen LogP contribution < -0.4 is 20.1 Å². The number of aromatic nitrogens is 3. The maximum Gasteiger partial charge on any atom is 0.250 e. The first kappa shape index (κ1) is 15.8. The summed E-state index contributed by atoms with van der Waals surface area (Å²) in [5, 5.41) is 9.54. The van der Waals surface area contributed by atoms with Gasteiger partial charge in [0, 0.05) is 6.07 Å². The Bertz CT molecular complexity index is 801. The Kier molecular flexibility index (Phi) is 4.07. The van der Waals surface area contributed by atoms with Crippen LogP contribution >= 0.6 is 0 Å². The molecule has 1 aliphatic rings. The topological polar surface area (TPSA) is 107 Å². The Morgan fingerprint density at radius 1 is 1.38 bits per heavy atom. The second kappa shape index (κ2) is 6.19. The highest BCUT2D eigenvalue weighted by Crippen LogP contribution is 2.31. The summed E-state index contributed by atoms with van der Waals surface area (Å²) in [6, 6.07) is 4.27. The van der Waals surface area contributed by atoms with E-state index in [1.165, 1.54) is 18.9 Å². The average molecular weight is 331 g/mol. The third-order valence-electron chi connectivity index (χ3n) is 3.63. The van der Waals surface area contributed by atoms with Gasteiger partial charge in [0.15, 0.2) is 0 Å². The minimum Gasteiger partial charge on any atom is -0.497 e. The van der Waals surface area contributed by atoms with E-state index in [1.54, 1.807) is 25.1 Å². The summed E-state index contributed by atoms with van der Waals surface area (Å²) in [7, 11) is 3.04. The molecule has 126 valence electrons. The largest absolute Gasteiger partial charge is 0.497 e. The van der Waals surface area contributed by atoms with Gasteiger partial charge in [0.1, 0.15) is 23.4 Å². The van der Waals surface area contributed by atoms with Gasteiger partial charge in [-0.25, -0.2) is 4.68 Å². The van der Waals surface area contributed by atoms with Crippen LogP contribution in [0.3, 0.4) is 0 Å². The van der Waals surface area contributed by atoms with E-state index in [2.05, 4.69) is 20.7 Å². The van der Waals surface area contributed by atoms with Crippen molar-refractivity contribution in [2.75, 3.05) is 24.9 Å². The number of benzene rings is 1. The zero-order chi connectivity index (χ0) is 17.3. The van der Waals surface area contributed by atoms with Gasteiger partial charge in [-0.3, -0.25) is 14.9 Å². The van der Waals surface area contributed by atoms with Gasteiger partial charge in [-0.05, 0) is 19.1 Å². The maximum absolute atomic E-state index is 12.7. The number of aryl methyl sites for hydroxylation is 1. The van der Waals surface area contributed by atoms with E-state index in [0.717, 1.165) is 0 Å². The van der Waals surface area contributed by atoms with E-state index >= 15 is 0 Å². The van der Waals surface area contributed by atoms with Gasteiger partial charge in [0.05, 0.1) is 26.3 Å². The lowest BCUT2D eigenvalue weighted by Gasteiger charge is -2.23. The van der Waals surface area contributed by atoms with Crippen LogP contribution in [0, 0.1) is 6.92 Å². The van der Waals surface area contributed by atoms with Gasteiger partial charge in [-0.2, -0.15) is 10.1 Å². The van der Waals surface area contributed by atoms with Crippen molar-refractivity contribution in [3.8, 4) is 11.5 Å². The molecule has 1 aliphatic heterocycles.